The first kappa shape index (κ1) is 17.6. The molecule has 1 aliphatic rings. The van der Waals surface area contributed by atoms with Crippen LogP contribution in [0.4, 0.5) is 8.78 Å². The number of carbonyl (C=O) groups is 1. The minimum absolute atomic E-state index is 0. The third-order valence-corrected chi connectivity index (χ3v) is 4.25. The predicted octanol–water partition coefficient (Wildman–Crippen LogP) is 2.99. The fourth-order valence-corrected chi connectivity index (χ4v) is 2.90. The van der Waals surface area contributed by atoms with Crippen LogP contribution in [0.25, 0.3) is 0 Å². The van der Waals surface area contributed by atoms with Gasteiger partial charge in [0.15, 0.2) is 11.6 Å². The number of hydrogen-bond acceptors (Lipinski definition) is 2. The first-order valence-corrected chi connectivity index (χ1v) is 7.26. The van der Waals surface area contributed by atoms with Gasteiger partial charge in [0.25, 0.3) is 5.91 Å². The Labute approximate surface area is 136 Å². The monoisotopic (exact) mass is 416 g/mol. The van der Waals surface area contributed by atoms with Crippen LogP contribution in [0.5, 0.6) is 0 Å². The lowest BCUT2D eigenvalue weighted by Crippen LogP contribution is -2.40. The third kappa shape index (κ3) is 4.26. The minimum Gasteiger partial charge on any atom is -0.349 e. The summed E-state index contributed by atoms with van der Waals surface area (Å²) in [7, 11) is 0. The molecule has 1 aromatic carbocycles. The highest BCUT2D eigenvalue weighted by molar-refractivity contribution is 14.1. The molecule has 0 atom stereocenters. The second-order valence-corrected chi connectivity index (χ2v) is 5.99. The summed E-state index contributed by atoms with van der Waals surface area (Å²) in [6.07, 6.45) is 3.40. The topological polar surface area (TPSA) is 55.1 Å². The van der Waals surface area contributed by atoms with Crippen molar-refractivity contribution in [3.8, 4) is 0 Å². The summed E-state index contributed by atoms with van der Waals surface area (Å²) in [5.41, 5.74) is 5.97. The van der Waals surface area contributed by atoms with Gasteiger partial charge in [0.1, 0.15) is 0 Å². The Morgan fingerprint density at radius 3 is 2.35 bits per heavy atom. The number of rotatable bonds is 2. The molecule has 0 saturated heterocycles. The van der Waals surface area contributed by atoms with Crippen LogP contribution < -0.4 is 11.1 Å². The lowest BCUT2D eigenvalue weighted by molar-refractivity contribution is 0.0924. The highest BCUT2D eigenvalue weighted by Crippen LogP contribution is 2.20. The van der Waals surface area contributed by atoms with E-state index >= 15 is 0 Å². The fraction of sp³-hybridized carbons (Fsp3) is 0.462. The maximum atomic E-state index is 13.2. The molecule has 0 radical (unpaired) electrons. The number of hydrogen-bond donors (Lipinski definition) is 2. The van der Waals surface area contributed by atoms with Gasteiger partial charge in [0.05, 0.1) is 5.56 Å². The molecule has 1 aliphatic carbocycles. The van der Waals surface area contributed by atoms with Crippen LogP contribution in [0.2, 0.25) is 0 Å². The van der Waals surface area contributed by atoms with E-state index in [1.165, 1.54) is 0 Å². The summed E-state index contributed by atoms with van der Waals surface area (Å²) in [6.45, 7) is 0. The average Bonchev–Trinajstić information content (AvgIpc) is 2.36. The Morgan fingerprint density at radius 1 is 1.20 bits per heavy atom. The van der Waals surface area contributed by atoms with Crippen molar-refractivity contribution < 1.29 is 13.6 Å². The Balaban J connectivity index is 0.00000200. The van der Waals surface area contributed by atoms with Crippen molar-refractivity contribution >= 4 is 40.9 Å². The molecule has 3 nitrogen and oxygen atoms in total. The summed E-state index contributed by atoms with van der Waals surface area (Å²) in [4.78, 5) is 12.0. The van der Waals surface area contributed by atoms with Crippen LogP contribution in [0.1, 0.15) is 36.0 Å². The van der Waals surface area contributed by atoms with Crippen molar-refractivity contribution in [2.45, 2.75) is 37.8 Å². The van der Waals surface area contributed by atoms with E-state index in [4.69, 9.17) is 5.73 Å². The molecule has 0 heterocycles. The molecule has 1 amide bonds. The van der Waals surface area contributed by atoms with E-state index in [0.717, 1.165) is 37.8 Å². The molecule has 1 saturated carbocycles. The molecule has 20 heavy (non-hydrogen) atoms. The zero-order chi connectivity index (χ0) is 14.0. The second kappa shape index (κ2) is 7.51. The van der Waals surface area contributed by atoms with Gasteiger partial charge >= 0.3 is 0 Å². The minimum atomic E-state index is -1.00. The van der Waals surface area contributed by atoms with Gasteiger partial charge in [-0.3, -0.25) is 4.79 Å². The SMILES string of the molecule is Cl.NC1CCC(NC(=O)c2cc(F)c(F)cc2I)CC1. The number of nitrogens with two attached hydrogens (primary N) is 1. The molecule has 0 spiro atoms. The van der Waals surface area contributed by atoms with Gasteiger partial charge in [-0.1, -0.05) is 0 Å². The fourth-order valence-electron chi connectivity index (χ4n) is 2.22. The predicted molar refractivity (Wildman–Crippen MR) is 84.0 cm³/mol. The standard InChI is InChI=1S/C13H15F2IN2O.ClH/c14-10-5-9(12(16)6-11(10)15)13(19)18-8-3-1-7(17)2-4-8;/h5-8H,1-4,17H2,(H,18,19);1H. The molecule has 7 heteroatoms. The lowest BCUT2D eigenvalue weighted by atomic mass is 9.91. The Bertz CT molecular complexity index is 494. The van der Waals surface area contributed by atoms with E-state index in [1.54, 1.807) is 0 Å². The van der Waals surface area contributed by atoms with Gasteiger partial charge in [0.2, 0.25) is 0 Å². The lowest BCUT2D eigenvalue weighted by Gasteiger charge is -2.26. The van der Waals surface area contributed by atoms with Crippen LogP contribution in [0.15, 0.2) is 12.1 Å². The smallest absolute Gasteiger partial charge is 0.252 e. The Kier molecular flexibility index (Phi) is 6.60. The van der Waals surface area contributed by atoms with E-state index in [9.17, 15) is 13.6 Å². The first-order chi connectivity index (χ1) is 8.97. The molecule has 112 valence electrons. The highest BCUT2D eigenvalue weighted by Gasteiger charge is 2.22. The van der Waals surface area contributed by atoms with E-state index in [1.807, 2.05) is 22.6 Å². The molecular formula is C13H16ClF2IN2O. The van der Waals surface area contributed by atoms with Crippen LogP contribution >= 0.6 is 35.0 Å². The molecular weight excluding hydrogens is 401 g/mol. The second-order valence-electron chi connectivity index (χ2n) is 4.83. The number of carbonyl (C=O) groups excluding carboxylic acids is 1. The normalized spacial score (nSPS) is 22.0. The van der Waals surface area contributed by atoms with Crippen molar-refractivity contribution in [2.24, 2.45) is 5.73 Å². The van der Waals surface area contributed by atoms with E-state index in [2.05, 4.69) is 5.32 Å². The molecule has 0 aliphatic heterocycles. The maximum Gasteiger partial charge on any atom is 0.252 e. The number of halogens is 4. The highest BCUT2D eigenvalue weighted by atomic mass is 127. The summed E-state index contributed by atoms with van der Waals surface area (Å²) >= 11 is 1.83. The molecule has 2 rings (SSSR count). The summed E-state index contributed by atoms with van der Waals surface area (Å²) < 4.78 is 26.6. The molecule has 3 N–H and O–H groups in total. The zero-order valence-electron chi connectivity index (χ0n) is 10.7. The van der Waals surface area contributed by atoms with Gasteiger partial charge in [-0.2, -0.15) is 0 Å². The van der Waals surface area contributed by atoms with Gasteiger partial charge in [-0.05, 0) is 60.4 Å². The number of nitrogens with one attached hydrogen (secondary N) is 1. The molecule has 0 aromatic heterocycles. The van der Waals surface area contributed by atoms with Gasteiger partial charge in [0, 0.05) is 15.7 Å². The number of amides is 1. The van der Waals surface area contributed by atoms with Gasteiger partial charge in [-0.15, -0.1) is 12.4 Å². The molecule has 1 fully saturated rings. The summed E-state index contributed by atoms with van der Waals surface area (Å²) in [6, 6.07) is 2.25. The van der Waals surface area contributed by atoms with Crippen molar-refractivity contribution in [3.05, 3.63) is 32.9 Å². The largest absolute Gasteiger partial charge is 0.349 e. The quantitative estimate of drug-likeness (QED) is 0.575. The van der Waals surface area contributed by atoms with Crippen LogP contribution in [-0.4, -0.2) is 18.0 Å². The van der Waals surface area contributed by atoms with Crippen molar-refractivity contribution in [3.63, 3.8) is 0 Å². The van der Waals surface area contributed by atoms with E-state index < -0.39 is 11.6 Å². The van der Waals surface area contributed by atoms with Crippen LogP contribution in [-0.2, 0) is 0 Å². The Hall–Kier alpha value is -0.470. The average molecular weight is 417 g/mol. The van der Waals surface area contributed by atoms with Crippen molar-refractivity contribution in [1.29, 1.82) is 0 Å². The Morgan fingerprint density at radius 2 is 1.75 bits per heavy atom. The summed E-state index contributed by atoms with van der Waals surface area (Å²) in [5, 5.41) is 2.85. The number of benzene rings is 1. The third-order valence-electron chi connectivity index (χ3n) is 3.36. The molecule has 0 bridgehead atoms. The van der Waals surface area contributed by atoms with E-state index in [0.29, 0.717) is 3.57 Å². The molecule has 1 aromatic rings. The molecule has 0 unspecified atom stereocenters. The first-order valence-electron chi connectivity index (χ1n) is 6.18. The van der Waals surface area contributed by atoms with E-state index in [-0.39, 0.29) is 36.0 Å². The summed E-state index contributed by atoms with van der Waals surface area (Å²) in [5.74, 6) is -2.30. The van der Waals surface area contributed by atoms with Crippen LogP contribution in [0, 0.1) is 15.2 Å². The van der Waals surface area contributed by atoms with Gasteiger partial charge < -0.3 is 11.1 Å². The van der Waals surface area contributed by atoms with Crippen LogP contribution in [0.3, 0.4) is 0 Å². The zero-order valence-corrected chi connectivity index (χ0v) is 13.6. The maximum absolute atomic E-state index is 13.2. The van der Waals surface area contributed by atoms with Crippen molar-refractivity contribution in [2.75, 3.05) is 0 Å². The van der Waals surface area contributed by atoms with Crippen molar-refractivity contribution in [1.82, 2.24) is 5.32 Å². The van der Waals surface area contributed by atoms with Gasteiger partial charge in [-0.25, -0.2) is 8.78 Å².